The van der Waals surface area contributed by atoms with Crippen molar-refractivity contribution in [1.29, 1.82) is 0 Å². The Bertz CT molecular complexity index is 667. The zero-order valence-corrected chi connectivity index (χ0v) is 9.80. The van der Waals surface area contributed by atoms with Gasteiger partial charge in [-0.3, -0.25) is 9.36 Å². The maximum atomic E-state index is 12.1. The minimum absolute atomic E-state index is 0.0673. The molecular weight excluding hydrogens is 220 g/mol. The molecule has 0 unspecified atom stereocenters. The summed E-state index contributed by atoms with van der Waals surface area (Å²) in [6.45, 7) is 6.00. The Kier molecular flexibility index (Phi) is 2.75. The summed E-state index contributed by atoms with van der Waals surface area (Å²) in [6, 6.07) is 5.69. The van der Waals surface area contributed by atoms with Crippen LogP contribution < -0.4 is 5.56 Å². The maximum Gasteiger partial charge on any atom is 0.262 e. The molecule has 0 aliphatic carbocycles. The van der Waals surface area contributed by atoms with Crippen LogP contribution in [0.15, 0.2) is 35.6 Å². The van der Waals surface area contributed by atoms with E-state index >= 15 is 0 Å². The predicted octanol–water partition coefficient (Wildman–Crippen LogP) is 2.55. The number of hydrogen-bond donors (Lipinski definition) is 1. The number of benzene rings is 1. The summed E-state index contributed by atoms with van der Waals surface area (Å²) < 4.78 is 1.94. The van der Waals surface area contributed by atoms with E-state index in [2.05, 4.69) is 11.6 Å². The Hall–Kier alpha value is -1.68. The van der Waals surface area contributed by atoms with Crippen LogP contribution in [0.3, 0.4) is 0 Å². The molecule has 4 heteroatoms. The Balaban J connectivity index is 2.90. The van der Waals surface area contributed by atoms with Gasteiger partial charge in [0.25, 0.3) is 5.56 Å². The van der Waals surface area contributed by atoms with Crippen molar-refractivity contribution in [3.8, 4) is 0 Å². The SMILES string of the molecule is C=CCn1c(=S)[nH]c2ccc(C)cc2c1=O. The van der Waals surface area contributed by atoms with Gasteiger partial charge in [0.2, 0.25) is 0 Å². The molecule has 1 aromatic carbocycles. The standard InChI is InChI=1S/C12H12N2OS/c1-3-6-14-11(15)9-7-8(2)4-5-10(9)13-12(14)16/h3-5,7H,1,6H2,2H3,(H,13,16). The number of hydrogen-bond acceptors (Lipinski definition) is 2. The summed E-state index contributed by atoms with van der Waals surface area (Å²) in [4.78, 5) is 15.2. The first-order chi connectivity index (χ1) is 7.63. The lowest BCUT2D eigenvalue weighted by molar-refractivity contribution is 0.753. The molecule has 0 saturated carbocycles. The third kappa shape index (κ3) is 1.72. The number of aromatic amines is 1. The first-order valence-electron chi connectivity index (χ1n) is 4.98. The highest BCUT2D eigenvalue weighted by atomic mass is 32.1. The van der Waals surface area contributed by atoms with Gasteiger partial charge in [0.05, 0.1) is 10.9 Å². The number of aryl methyl sites for hydroxylation is 1. The van der Waals surface area contributed by atoms with Crippen LogP contribution in [-0.2, 0) is 6.54 Å². The smallest absolute Gasteiger partial charge is 0.262 e. The summed E-state index contributed by atoms with van der Waals surface area (Å²) in [6.07, 6.45) is 1.66. The van der Waals surface area contributed by atoms with E-state index in [9.17, 15) is 4.79 Å². The van der Waals surface area contributed by atoms with Crippen LogP contribution >= 0.6 is 12.2 Å². The Labute approximate surface area is 98.1 Å². The van der Waals surface area contributed by atoms with Gasteiger partial charge in [-0.25, -0.2) is 0 Å². The molecule has 16 heavy (non-hydrogen) atoms. The first kappa shape index (κ1) is 10.8. The molecule has 82 valence electrons. The van der Waals surface area contributed by atoms with Gasteiger partial charge in [-0.1, -0.05) is 17.7 Å². The second kappa shape index (κ2) is 4.06. The lowest BCUT2D eigenvalue weighted by atomic mass is 10.2. The van der Waals surface area contributed by atoms with Crippen LogP contribution in [0.2, 0.25) is 0 Å². The predicted molar refractivity (Wildman–Crippen MR) is 68.3 cm³/mol. The number of allylic oxidation sites excluding steroid dienone is 1. The van der Waals surface area contributed by atoms with Gasteiger partial charge in [-0.15, -0.1) is 6.58 Å². The Morgan fingerprint density at radius 2 is 2.31 bits per heavy atom. The van der Waals surface area contributed by atoms with Crippen molar-refractivity contribution in [2.45, 2.75) is 13.5 Å². The van der Waals surface area contributed by atoms with E-state index in [4.69, 9.17) is 12.2 Å². The number of nitrogens with one attached hydrogen (secondary N) is 1. The number of aromatic nitrogens is 2. The van der Waals surface area contributed by atoms with E-state index in [1.807, 2.05) is 25.1 Å². The molecule has 0 radical (unpaired) electrons. The summed E-state index contributed by atoms with van der Waals surface area (Å²) in [5.41, 5.74) is 1.77. The van der Waals surface area contributed by atoms with Crippen LogP contribution in [0, 0.1) is 11.7 Å². The molecule has 1 heterocycles. The van der Waals surface area contributed by atoms with Crippen molar-refractivity contribution < 1.29 is 0 Å². The molecule has 0 bridgehead atoms. The topological polar surface area (TPSA) is 37.8 Å². The monoisotopic (exact) mass is 232 g/mol. The zero-order valence-electron chi connectivity index (χ0n) is 8.99. The number of H-pyrrole nitrogens is 1. The van der Waals surface area contributed by atoms with Gasteiger partial charge in [-0.05, 0) is 31.3 Å². The molecule has 0 aliphatic rings. The van der Waals surface area contributed by atoms with Crippen LogP contribution in [0.1, 0.15) is 5.56 Å². The average molecular weight is 232 g/mol. The molecule has 1 N–H and O–H groups in total. The maximum absolute atomic E-state index is 12.1. The normalized spacial score (nSPS) is 10.6. The van der Waals surface area contributed by atoms with Gasteiger partial charge < -0.3 is 4.98 Å². The number of nitrogens with zero attached hydrogens (tertiary/aromatic N) is 1. The molecule has 3 nitrogen and oxygen atoms in total. The second-order valence-electron chi connectivity index (χ2n) is 3.68. The van der Waals surface area contributed by atoms with Gasteiger partial charge in [-0.2, -0.15) is 0 Å². The van der Waals surface area contributed by atoms with Crippen LogP contribution in [0.4, 0.5) is 0 Å². The van der Waals surface area contributed by atoms with Gasteiger partial charge in [0, 0.05) is 6.54 Å². The molecule has 2 aromatic rings. The summed E-state index contributed by atoms with van der Waals surface area (Å²) in [5, 5.41) is 0.662. The third-order valence-electron chi connectivity index (χ3n) is 2.45. The quantitative estimate of drug-likeness (QED) is 0.638. The lowest BCUT2D eigenvalue weighted by Crippen LogP contribution is -2.21. The molecule has 2 rings (SSSR count). The lowest BCUT2D eigenvalue weighted by Gasteiger charge is -2.05. The second-order valence-corrected chi connectivity index (χ2v) is 4.07. The Morgan fingerprint density at radius 1 is 1.56 bits per heavy atom. The van der Waals surface area contributed by atoms with Crippen molar-refractivity contribution in [3.63, 3.8) is 0 Å². The van der Waals surface area contributed by atoms with Crippen LogP contribution in [0.25, 0.3) is 10.9 Å². The fourth-order valence-corrected chi connectivity index (χ4v) is 1.93. The highest BCUT2D eigenvalue weighted by molar-refractivity contribution is 7.71. The van der Waals surface area contributed by atoms with Crippen molar-refractivity contribution in [2.24, 2.45) is 0 Å². The minimum Gasteiger partial charge on any atom is -0.332 e. The molecule has 0 spiro atoms. The van der Waals surface area contributed by atoms with Gasteiger partial charge >= 0.3 is 0 Å². The minimum atomic E-state index is -0.0673. The van der Waals surface area contributed by atoms with E-state index in [0.29, 0.717) is 16.7 Å². The molecular formula is C12H12N2OS. The molecule has 0 aliphatic heterocycles. The van der Waals surface area contributed by atoms with E-state index in [0.717, 1.165) is 11.1 Å². The fraction of sp³-hybridized carbons (Fsp3) is 0.167. The zero-order chi connectivity index (χ0) is 11.7. The highest BCUT2D eigenvalue weighted by Crippen LogP contribution is 2.09. The summed E-state index contributed by atoms with van der Waals surface area (Å²) in [5.74, 6) is 0. The molecule has 0 atom stereocenters. The third-order valence-corrected chi connectivity index (χ3v) is 2.77. The molecule has 0 fully saturated rings. The molecule has 1 aromatic heterocycles. The van der Waals surface area contributed by atoms with E-state index in [1.165, 1.54) is 4.57 Å². The molecule has 0 saturated heterocycles. The van der Waals surface area contributed by atoms with Crippen molar-refractivity contribution >= 4 is 23.1 Å². The van der Waals surface area contributed by atoms with Crippen molar-refractivity contribution in [2.75, 3.05) is 0 Å². The summed E-state index contributed by atoms with van der Waals surface area (Å²) in [7, 11) is 0. The first-order valence-corrected chi connectivity index (χ1v) is 5.38. The van der Waals surface area contributed by atoms with E-state index in [1.54, 1.807) is 6.08 Å². The molecule has 0 amide bonds. The van der Waals surface area contributed by atoms with Crippen molar-refractivity contribution in [1.82, 2.24) is 9.55 Å². The summed E-state index contributed by atoms with van der Waals surface area (Å²) >= 11 is 5.12. The highest BCUT2D eigenvalue weighted by Gasteiger charge is 2.04. The average Bonchev–Trinajstić information content (AvgIpc) is 2.26. The largest absolute Gasteiger partial charge is 0.332 e. The number of fused-ring (bicyclic) bond motifs is 1. The fourth-order valence-electron chi connectivity index (χ4n) is 1.66. The van der Waals surface area contributed by atoms with Crippen molar-refractivity contribution in [3.05, 3.63) is 51.5 Å². The van der Waals surface area contributed by atoms with Gasteiger partial charge in [0.1, 0.15) is 0 Å². The van der Waals surface area contributed by atoms with E-state index in [-0.39, 0.29) is 5.56 Å². The van der Waals surface area contributed by atoms with Crippen LogP contribution in [-0.4, -0.2) is 9.55 Å². The number of rotatable bonds is 2. The van der Waals surface area contributed by atoms with E-state index < -0.39 is 0 Å². The van der Waals surface area contributed by atoms with Gasteiger partial charge in [0.15, 0.2) is 4.77 Å². The Morgan fingerprint density at radius 3 is 3.00 bits per heavy atom. The van der Waals surface area contributed by atoms with Crippen LogP contribution in [0.5, 0.6) is 0 Å².